The number of carbonyl (C=O) groups is 2. The van der Waals surface area contributed by atoms with Crippen molar-refractivity contribution in [3.05, 3.63) is 96.8 Å². The van der Waals surface area contributed by atoms with Crippen LogP contribution in [0.4, 0.5) is 0 Å². The number of aromatic nitrogens is 2. The number of nitriles is 1. The number of nitrogens with zero attached hydrogens (tertiary/aromatic N) is 2. The highest BCUT2D eigenvalue weighted by Gasteiger charge is 2.25. The van der Waals surface area contributed by atoms with E-state index in [2.05, 4.69) is 10.3 Å². The van der Waals surface area contributed by atoms with Crippen molar-refractivity contribution in [2.24, 2.45) is 0 Å². The minimum Gasteiger partial charge on any atom is -0.497 e. The summed E-state index contributed by atoms with van der Waals surface area (Å²) in [5, 5.41) is 12.2. The van der Waals surface area contributed by atoms with Gasteiger partial charge in [0.15, 0.2) is 0 Å². The number of hydrogen-bond acceptors (Lipinski definition) is 6. The first-order valence-electron chi connectivity index (χ1n) is 12.0. The molecular formula is C28H30N4O5. The summed E-state index contributed by atoms with van der Waals surface area (Å²) in [6.45, 7) is 5.69. The van der Waals surface area contributed by atoms with Gasteiger partial charge in [-0.05, 0) is 60.7 Å². The Balaban J connectivity index is 1.83. The molecule has 0 radical (unpaired) electrons. The van der Waals surface area contributed by atoms with Crippen molar-refractivity contribution in [3.63, 3.8) is 0 Å². The Morgan fingerprint density at radius 1 is 1.14 bits per heavy atom. The maximum absolute atomic E-state index is 13.6. The fourth-order valence-corrected chi connectivity index (χ4v) is 4.13. The number of ether oxygens (including phenoxy) is 1. The summed E-state index contributed by atoms with van der Waals surface area (Å²) in [7, 11) is 1.58. The predicted molar refractivity (Wildman–Crippen MR) is 139 cm³/mol. The Labute approximate surface area is 214 Å². The summed E-state index contributed by atoms with van der Waals surface area (Å²) in [5.74, 6) is -0.344. The predicted octanol–water partition coefficient (Wildman–Crippen LogP) is 3.18. The van der Waals surface area contributed by atoms with Crippen LogP contribution in [-0.4, -0.2) is 28.4 Å². The van der Waals surface area contributed by atoms with Crippen molar-refractivity contribution in [1.29, 1.82) is 5.26 Å². The molecule has 3 aromatic rings. The zero-order chi connectivity index (χ0) is 27.1. The lowest BCUT2D eigenvalue weighted by molar-refractivity contribution is -0.121. The molecule has 0 atom stereocenters. The Morgan fingerprint density at radius 3 is 2.46 bits per heavy atom. The molecule has 9 heteroatoms. The molecule has 1 heterocycles. The summed E-state index contributed by atoms with van der Waals surface area (Å²) in [5.41, 5.74) is 0.979. The number of benzene rings is 2. The third kappa shape index (κ3) is 6.61. The molecule has 37 heavy (non-hydrogen) atoms. The fourth-order valence-electron chi connectivity index (χ4n) is 4.13. The smallest absolute Gasteiger partial charge is 0.328 e. The van der Waals surface area contributed by atoms with Crippen LogP contribution >= 0.6 is 0 Å². The molecule has 1 amide bonds. The third-order valence-corrected chi connectivity index (χ3v) is 5.93. The van der Waals surface area contributed by atoms with Crippen LogP contribution in [-0.2, 0) is 17.9 Å². The summed E-state index contributed by atoms with van der Waals surface area (Å²) in [4.78, 5) is 53.8. The van der Waals surface area contributed by atoms with Gasteiger partial charge in [0.1, 0.15) is 11.4 Å². The van der Waals surface area contributed by atoms with Crippen LogP contribution in [0.25, 0.3) is 0 Å². The summed E-state index contributed by atoms with van der Waals surface area (Å²) < 4.78 is 6.35. The quantitative estimate of drug-likeness (QED) is 0.409. The molecule has 0 aliphatic carbocycles. The Kier molecular flexibility index (Phi) is 8.80. The van der Waals surface area contributed by atoms with Gasteiger partial charge >= 0.3 is 5.69 Å². The van der Waals surface area contributed by atoms with Gasteiger partial charge in [-0.25, -0.2) is 4.79 Å². The number of nitrogens with one attached hydrogen (secondary N) is 2. The number of methoxy groups -OCH3 is 1. The lowest BCUT2D eigenvalue weighted by Crippen LogP contribution is -2.38. The maximum atomic E-state index is 13.6. The van der Waals surface area contributed by atoms with Gasteiger partial charge in [0, 0.05) is 30.6 Å². The van der Waals surface area contributed by atoms with E-state index < -0.39 is 17.0 Å². The Morgan fingerprint density at radius 2 is 1.84 bits per heavy atom. The monoisotopic (exact) mass is 502 g/mol. The minimum atomic E-state index is -0.718. The highest BCUT2D eigenvalue weighted by molar-refractivity contribution is 6.09. The highest BCUT2D eigenvalue weighted by atomic mass is 16.5. The van der Waals surface area contributed by atoms with E-state index >= 15 is 0 Å². The zero-order valence-corrected chi connectivity index (χ0v) is 21.4. The number of carbonyl (C=O) groups excluding carboxylic acids is 2. The van der Waals surface area contributed by atoms with E-state index in [1.165, 1.54) is 10.6 Å². The van der Waals surface area contributed by atoms with Crippen LogP contribution in [0.15, 0.2) is 52.1 Å². The third-order valence-electron chi connectivity index (χ3n) is 5.93. The average molecular weight is 503 g/mol. The van der Waals surface area contributed by atoms with Gasteiger partial charge in [0.05, 0.1) is 18.7 Å². The van der Waals surface area contributed by atoms with E-state index in [1.807, 2.05) is 30.3 Å². The molecule has 1 aromatic heterocycles. The normalized spacial score (nSPS) is 10.7. The second kappa shape index (κ2) is 12.0. The number of amides is 1. The first-order valence-corrected chi connectivity index (χ1v) is 12.0. The number of aromatic amines is 1. The van der Waals surface area contributed by atoms with Crippen molar-refractivity contribution < 1.29 is 14.3 Å². The molecule has 0 saturated heterocycles. The molecule has 0 fully saturated rings. The maximum Gasteiger partial charge on any atom is 0.328 e. The molecule has 3 rings (SSSR count). The second-order valence-corrected chi connectivity index (χ2v) is 9.08. The molecule has 0 aliphatic heterocycles. The highest BCUT2D eigenvalue weighted by Crippen LogP contribution is 2.20. The molecule has 0 spiro atoms. The molecule has 0 saturated carbocycles. The summed E-state index contributed by atoms with van der Waals surface area (Å²) in [6, 6.07) is 14.1. The zero-order valence-electron chi connectivity index (χ0n) is 21.4. The molecule has 0 bridgehead atoms. The van der Waals surface area contributed by atoms with Crippen molar-refractivity contribution in [2.45, 2.75) is 52.6 Å². The van der Waals surface area contributed by atoms with Crippen LogP contribution < -0.4 is 21.3 Å². The van der Waals surface area contributed by atoms with Crippen LogP contribution in [0.5, 0.6) is 5.75 Å². The Bertz CT molecular complexity index is 1460. The standard InChI is InChI=1S/C28H30N4O5/c1-17(2)24-25(26(34)21-13-18(3)12-20(14-21)15-29)32(28(36)31-27(24)35)11-5-6-23(33)30-16-19-7-9-22(37-4)10-8-19/h7-10,12-14,17H,5-6,11,16H2,1-4H3,(H,30,33)(H,31,35,36). The van der Waals surface area contributed by atoms with E-state index in [0.29, 0.717) is 17.7 Å². The lowest BCUT2D eigenvalue weighted by Gasteiger charge is -2.17. The molecule has 0 aliphatic rings. The molecule has 192 valence electrons. The number of hydrogen-bond donors (Lipinski definition) is 2. The van der Waals surface area contributed by atoms with Crippen molar-refractivity contribution in [3.8, 4) is 11.8 Å². The number of aryl methyl sites for hydroxylation is 1. The first kappa shape index (κ1) is 27.1. The van der Waals surface area contributed by atoms with E-state index in [4.69, 9.17) is 4.74 Å². The average Bonchev–Trinajstić information content (AvgIpc) is 2.87. The van der Waals surface area contributed by atoms with Gasteiger partial charge in [-0.1, -0.05) is 26.0 Å². The lowest BCUT2D eigenvalue weighted by atomic mass is 9.95. The Hall–Kier alpha value is -4.45. The second-order valence-electron chi connectivity index (χ2n) is 9.08. The summed E-state index contributed by atoms with van der Waals surface area (Å²) in [6.07, 6.45) is 0.394. The van der Waals surface area contributed by atoms with Crippen LogP contribution in [0.2, 0.25) is 0 Å². The largest absolute Gasteiger partial charge is 0.497 e. The first-order chi connectivity index (χ1) is 17.6. The van der Waals surface area contributed by atoms with Crippen LogP contribution in [0, 0.1) is 18.3 Å². The van der Waals surface area contributed by atoms with Crippen molar-refractivity contribution >= 4 is 11.7 Å². The molecule has 2 aromatic carbocycles. The van der Waals surface area contributed by atoms with Gasteiger partial charge in [0.25, 0.3) is 5.56 Å². The van der Waals surface area contributed by atoms with Crippen molar-refractivity contribution in [2.75, 3.05) is 7.11 Å². The van der Waals surface area contributed by atoms with E-state index in [9.17, 15) is 24.4 Å². The van der Waals surface area contributed by atoms with E-state index in [-0.39, 0.29) is 48.0 Å². The molecule has 2 N–H and O–H groups in total. The van der Waals surface area contributed by atoms with E-state index in [0.717, 1.165) is 11.3 Å². The van der Waals surface area contributed by atoms with Crippen LogP contribution in [0.3, 0.4) is 0 Å². The SMILES string of the molecule is COc1ccc(CNC(=O)CCCn2c(C(=O)c3cc(C)cc(C#N)c3)c(C(C)C)c(=O)[nH]c2=O)cc1. The number of ketones is 1. The van der Waals surface area contributed by atoms with Gasteiger partial charge in [-0.3, -0.25) is 23.9 Å². The van der Waals surface area contributed by atoms with Crippen LogP contribution in [0.1, 0.15) is 70.9 Å². The van der Waals surface area contributed by atoms with Crippen molar-refractivity contribution in [1.82, 2.24) is 14.9 Å². The van der Waals surface area contributed by atoms with E-state index in [1.54, 1.807) is 40.0 Å². The van der Waals surface area contributed by atoms with Gasteiger partial charge in [0.2, 0.25) is 11.7 Å². The summed E-state index contributed by atoms with van der Waals surface area (Å²) >= 11 is 0. The van der Waals surface area contributed by atoms with Gasteiger partial charge < -0.3 is 10.1 Å². The number of rotatable bonds is 10. The molecule has 0 unspecified atom stereocenters. The number of H-pyrrole nitrogens is 1. The van der Waals surface area contributed by atoms with Gasteiger partial charge in [-0.2, -0.15) is 5.26 Å². The van der Waals surface area contributed by atoms with Gasteiger partial charge in [-0.15, -0.1) is 0 Å². The molecule has 9 nitrogen and oxygen atoms in total. The molecular weight excluding hydrogens is 472 g/mol. The topological polar surface area (TPSA) is 134 Å². The fraction of sp³-hybridized carbons (Fsp3) is 0.321. The minimum absolute atomic E-state index is 0.0168.